The largest absolute Gasteiger partial charge is 0.379 e. The van der Waals surface area contributed by atoms with Gasteiger partial charge in [-0.2, -0.15) is 0 Å². The van der Waals surface area contributed by atoms with Gasteiger partial charge in [0.15, 0.2) is 0 Å². The van der Waals surface area contributed by atoms with Gasteiger partial charge in [0.2, 0.25) is 0 Å². The van der Waals surface area contributed by atoms with Gasteiger partial charge in [-0.05, 0) is 50.5 Å². The minimum absolute atomic E-state index is 0.548. The number of thiophene rings is 1. The molecule has 0 spiro atoms. The lowest BCUT2D eigenvalue weighted by Gasteiger charge is -2.39. The number of ether oxygens (including phenoxy) is 1. The third-order valence-corrected chi connectivity index (χ3v) is 7.30. The summed E-state index contributed by atoms with van der Waals surface area (Å²) in [5.41, 5.74) is 1.52. The molecule has 2 aromatic rings. The van der Waals surface area contributed by atoms with Crippen LogP contribution >= 0.6 is 11.3 Å². The number of hydrogen-bond acceptors (Lipinski definition) is 6. The van der Waals surface area contributed by atoms with Crippen molar-refractivity contribution in [3.8, 4) is 0 Å². The van der Waals surface area contributed by atoms with Crippen LogP contribution in [0.25, 0.3) is 10.2 Å². The molecule has 3 heterocycles. The van der Waals surface area contributed by atoms with Gasteiger partial charge in [0.25, 0.3) is 0 Å². The maximum absolute atomic E-state index is 5.49. The van der Waals surface area contributed by atoms with Gasteiger partial charge < -0.3 is 10.1 Å². The SMILES string of the molecule is c1nc(NC2CCC(N3CCOCC3)CC2)c2c3c(sc2n1)CCC3. The summed E-state index contributed by atoms with van der Waals surface area (Å²) in [6.45, 7) is 4.02. The average Bonchev–Trinajstić information content (AvgIpc) is 3.24. The molecule has 6 heteroatoms. The van der Waals surface area contributed by atoms with Crippen molar-refractivity contribution in [3.63, 3.8) is 0 Å². The normalized spacial score (nSPS) is 27.5. The molecule has 25 heavy (non-hydrogen) atoms. The van der Waals surface area contributed by atoms with Crippen LogP contribution in [-0.4, -0.2) is 53.3 Å². The molecule has 134 valence electrons. The first-order chi connectivity index (χ1) is 12.4. The van der Waals surface area contributed by atoms with Gasteiger partial charge in [-0.3, -0.25) is 4.90 Å². The first-order valence-electron chi connectivity index (χ1n) is 9.72. The molecule has 1 aliphatic heterocycles. The summed E-state index contributed by atoms with van der Waals surface area (Å²) in [6, 6.07) is 1.30. The van der Waals surface area contributed by atoms with Gasteiger partial charge in [0.1, 0.15) is 17.0 Å². The van der Waals surface area contributed by atoms with Crippen molar-refractivity contribution in [3.05, 3.63) is 16.8 Å². The van der Waals surface area contributed by atoms with Crippen LogP contribution in [0, 0.1) is 0 Å². The standard InChI is InChI=1S/C19H26N4OS/c1-2-15-16(3-1)25-19-17(15)18(20-12-21-19)22-13-4-6-14(7-5-13)23-8-10-24-11-9-23/h12-14H,1-11H2,(H,20,21,22). The Balaban J connectivity index is 1.28. The molecule has 5 nitrogen and oxygen atoms in total. The van der Waals surface area contributed by atoms with Crippen molar-refractivity contribution in [1.29, 1.82) is 0 Å². The van der Waals surface area contributed by atoms with Crippen LogP contribution in [-0.2, 0) is 17.6 Å². The maximum atomic E-state index is 5.49. The van der Waals surface area contributed by atoms with E-state index in [0.717, 1.165) is 38.2 Å². The lowest BCUT2D eigenvalue weighted by Crippen LogP contribution is -2.46. The molecule has 2 fully saturated rings. The third kappa shape index (κ3) is 3.04. The van der Waals surface area contributed by atoms with Gasteiger partial charge in [-0.25, -0.2) is 9.97 Å². The molecule has 1 saturated heterocycles. The van der Waals surface area contributed by atoms with Crippen molar-refractivity contribution < 1.29 is 4.74 Å². The van der Waals surface area contributed by atoms with E-state index in [2.05, 4.69) is 20.2 Å². The minimum Gasteiger partial charge on any atom is -0.379 e. The fourth-order valence-corrected chi connectivity index (χ4v) is 5.99. The van der Waals surface area contributed by atoms with Crippen LogP contribution in [0.5, 0.6) is 0 Å². The number of fused-ring (bicyclic) bond motifs is 3. The molecule has 2 aromatic heterocycles. The highest BCUT2D eigenvalue weighted by Crippen LogP contribution is 2.39. The van der Waals surface area contributed by atoms with Crippen molar-refractivity contribution in [2.45, 2.75) is 57.0 Å². The molecule has 5 rings (SSSR count). The van der Waals surface area contributed by atoms with E-state index >= 15 is 0 Å². The Hall–Kier alpha value is -1.24. The zero-order valence-corrected chi connectivity index (χ0v) is 15.5. The second-order valence-electron chi connectivity index (χ2n) is 7.56. The number of nitrogens with one attached hydrogen (secondary N) is 1. The van der Waals surface area contributed by atoms with E-state index in [4.69, 9.17) is 4.74 Å². The molecular weight excluding hydrogens is 332 g/mol. The lowest BCUT2D eigenvalue weighted by atomic mass is 9.90. The Bertz CT molecular complexity index is 747. The first-order valence-corrected chi connectivity index (χ1v) is 10.5. The minimum atomic E-state index is 0.548. The average molecular weight is 359 g/mol. The Morgan fingerprint density at radius 3 is 2.76 bits per heavy atom. The van der Waals surface area contributed by atoms with E-state index in [1.54, 1.807) is 6.33 Å². The van der Waals surface area contributed by atoms with Gasteiger partial charge in [-0.1, -0.05) is 0 Å². The maximum Gasteiger partial charge on any atom is 0.138 e. The molecular formula is C19H26N4OS. The molecule has 3 aliphatic rings. The van der Waals surface area contributed by atoms with Gasteiger partial charge in [0.05, 0.1) is 18.6 Å². The van der Waals surface area contributed by atoms with Gasteiger partial charge in [0, 0.05) is 30.1 Å². The highest BCUT2D eigenvalue weighted by molar-refractivity contribution is 7.19. The Morgan fingerprint density at radius 2 is 1.92 bits per heavy atom. The van der Waals surface area contributed by atoms with E-state index in [1.807, 2.05) is 11.3 Å². The lowest BCUT2D eigenvalue weighted by molar-refractivity contribution is 0.00791. The number of morpholine rings is 1. The summed E-state index contributed by atoms with van der Waals surface area (Å²) >= 11 is 1.87. The summed E-state index contributed by atoms with van der Waals surface area (Å²) in [5, 5.41) is 5.09. The Labute approximate surface area is 152 Å². The highest BCUT2D eigenvalue weighted by Gasteiger charge is 2.28. The van der Waals surface area contributed by atoms with E-state index in [1.165, 1.54) is 65.6 Å². The predicted octanol–water partition coefficient (Wildman–Crippen LogP) is 3.24. The topological polar surface area (TPSA) is 50.3 Å². The molecule has 0 unspecified atom stereocenters. The molecule has 1 N–H and O–H groups in total. The number of rotatable bonds is 3. The quantitative estimate of drug-likeness (QED) is 0.913. The molecule has 1 saturated carbocycles. The molecule has 0 amide bonds. The van der Waals surface area contributed by atoms with E-state index < -0.39 is 0 Å². The number of nitrogens with zero attached hydrogens (tertiary/aromatic N) is 3. The smallest absolute Gasteiger partial charge is 0.138 e. The molecule has 0 atom stereocenters. The fraction of sp³-hybridized carbons (Fsp3) is 0.684. The van der Waals surface area contributed by atoms with E-state index in [9.17, 15) is 0 Å². The third-order valence-electron chi connectivity index (χ3n) is 6.10. The monoisotopic (exact) mass is 358 g/mol. The zero-order chi connectivity index (χ0) is 16.6. The summed E-state index contributed by atoms with van der Waals surface area (Å²) in [7, 11) is 0. The van der Waals surface area contributed by atoms with E-state index in [0.29, 0.717) is 6.04 Å². The van der Waals surface area contributed by atoms with Gasteiger partial charge in [-0.15, -0.1) is 11.3 Å². The second kappa shape index (κ2) is 6.82. The number of aryl methyl sites for hydroxylation is 2. The van der Waals surface area contributed by atoms with Crippen LogP contribution in [0.15, 0.2) is 6.33 Å². The van der Waals surface area contributed by atoms with Crippen LogP contribution in [0.3, 0.4) is 0 Å². The van der Waals surface area contributed by atoms with Crippen molar-refractivity contribution in [2.75, 3.05) is 31.6 Å². The summed E-state index contributed by atoms with van der Waals surface area (Å²) < 4.78 is 5.49. The number of aromatic nitrogens is 2. The first kappa shape index (κ1) is 16.0. The summed E-state index contributed by atoms with van der Waals surface area (Å²) in [4.78, 5) is 14.5. The summed E-state index contributed by atoms with van der Waals surface area (Å²) in [5.74, 6) is 1.08. The zero-order valence-electron chi connectivity index (χ0n) is 14.7. The summed E-state index contributed by atoms with van der Waals surface area (Å²) in [6.07, 6.45) is 10.5. The molecule has 0 bridgehead atoms. The van der Waals surface area contributed by atoms with Crippen LogP contribution in [0.2, 0.25) is 0 Å². The van der Waals surface area contributed by atoms with Crippen molar-refractivity contribution >= 4 is 27.4 Å². The van der Waals surface area contributed by atoms with E-state index in [-0.39, 0.29) is 0 Å². The van der Waals surface area contributed by atoms with Crippen LogP contribution < -0.4 is 5.32 Å². The molecule has 2 aliphatic carbocycles. The predicted molar refractivity (Wildman–Crippen MR) is 101 cm³/mol. The molecule has 0 radical (unpaired) electrons. The number of hydrogen-bond donors (Lipinski definition) is 1. The Kier molecular flexibility index (Phi) is 4.36. The molecule has 0 aromatic carbocycles. The van der Waals surface area contributed by atoms with Crippen LogP contribution in [0.4, 0.5) is 5.82 Å². The van der Waals surface area contributed by atoms with Crippen molar-refractivity contribution in [1.82, 2.24) is 14.9 Å². The Morgan fingerprint density at radius 1 is 1.08 bits per heavy atom. The van der Waals surface area contributed by atoms with Crippen molar-refractivity contribution in [2.24, 2.45) is 0 Å². The second-order valence-corrected chi connectivity index (χ2v) is 8.64. The highest BCUT2D eigenvalue weighted by atomic mass is 32.1. The van der Waals surface area contributed by atoms with Gasteiger partial charge >= 0.3 is 0 Å². The van der Waals surface area contributed by atoms with Crippen LogP contribution in [0.1, 0.15) is 42.5 Å². The number of anilines is 1. The fourth-order valence-electron chi connectivity index (χ4n) is 4.76.